The lowest BCUT2D eigenvalue weighted by atomic mass is 10.1. The molecule has 0 radical (unpaired) electrons. The van der Waals surface area contributed by atoms with Crippen molar-refractivity contribution in [3.05, 3.63) is 23.8 Å². The molecule has 1 aliphatic rings. The van der Waals surface area contributed by atoms with Crippen molar-refractivity contribution in [1.82, 2.24) is 0 Å². The van der Waals surface area contributed by atoms with Gasteiger partial charge in [0.25, 0.3) is 0 Å². The number of fused-ring (bicyclic) bond motifs is 1. The first-order chi connectivity index (χ1) is 8.13. The lowest BCUT2D eigenvalue weighted by Gasteiger charge is -2.29. The van der Waals surface area contributed by atoms with Crippen molar-refractivity contribution in [3.63, 3.8) is 0 Å². The van der Waals surface area contributed by atoms with E-state index >= 15 is 0 Å². The molecule has 4 heteroatoms. The highest BCUT2D eigenvalue weighted by atomic mass is 32.2. The first kappa shape index (κ1) is 12.5. The SMILES string of the molecule is CCCN1C(=O)CSc2cc(C(C)N)ccc21. The summed E-state index contributed by atoms with van der Waals surface area (Å²) in [6, 6.07) is 6.19. The molecule has 92 valence electrons. The maximum absolute atomic E-state index is 11.8. The molecule has 1 aromatic carbocycles. The van der Waals surface area contributed by atoms with Crippen LogP contribution in [0.3, 0.4) is 0 Å². The Morgan fingerprint density at radius 1 is 1.53 bits per heavy atom. The second-order valence-electron chi connectivity index (χ2n) is 4.35. The van der Waals surface area contributed by atoms with Crippen molar-refractivity contribution in [2.75, 3.05) is 17.2 Å². The highest BCUT2D eigenvalue weighted by molar-refractivity contribution is 8.00. The second-order valence-corrected chi connectivity index (χ2v) is 5.37. The van der Waals surface area contributed by atoms with Crippen LogP contribution in [0.15, 0.2) is 23.1 Å². The van der Waals surface area contributed by atoms with Gasteiger partial charge in [-0.05, 0) is 31.0 Å². The third-order valence-electron chi connectivity index (χ3n) is 2.90. The van der Waals surface area contributed by atoms with Gasteiger partial charge in [0.1, 0.15) is 0 Å². The molecule has 0 saturated carbocycles. The number of hydrogen-bond acceptors (Lipinski definition) is 3. The van der Waals surface area contributed by atoms with E-state index in [-0.39, 0.29) is 11.9 Å². The van der Waals surface area contributed by atoms with Crippen LogP contribution < -0.4 is 10.6 Å². The van der Waals surface area contributed by atoms with Crippen molar-refractivity contribution in [2.24, 2.45) is 5.73 Å². The van der Waals surface area contributed by atoms with E-state index in [0.717, 1.165) is 24.2 Å². The predicted octanol–water partition coefficient (Wildman–Crippen LogP) is 2.56. The number of carbonyl (C=O) groups is 1. The van der Waals surface area contributed by atoms with Crippen LogP contribution in [0.5, 0.6) is 0 Å². The standard InChI is InChI=1S/C13H18N2OS/c1-3-6-15-11-5-4-10(9(2)14)7-12(11)17-8-13(15)16/h4-5,7,9H,3,6,8,14H2,1-2H3. The first-order valence-corrected chi connectivity index (χ1v) is 6.94. The molecule has 2 N–H and O–H groups in total. The van der Waals surface area contributed by atoms with E-state index in [0.29, 0.717) is 5.75 Å². The molecule has 1 aliphatic heterocycles. The van der Waals surface area contributed by atoms with Crippen LogP contribution in [-0.4, -0.2) is 18.2 Å². The number of thioether (sulfide) groups is 1. The Morgan fingerprint density at radius 2 is 2.29 bits per heavy atom. The van der Waals surface area contributed by atoms with Gasteiger partial charge >= 0.3 is 0 Å². The predicted molar refractivity (Wildman–Crippen MR) is 72.4 cm³/mol. The van der Waals surface area contributed by atoms with Gasteiger partial charge in [-0.25, -0.2) is 0 Å². The molecule has 0 bridgehead atoms. The Hall–Kier alpha value is -1.00. The lowest BCUT2D eigenvalue weighted by Crippen LogP contribution is -2.35. The number of nitrogens with two attached hydrogens (primary N) is 1. The molecule has 1 heterocycles. The number of anilines is 1. The van der Waals surface area contributed by atoms with Gasteiger partial charge in [-0.2, -0.15) is 0 Å². The largest absolute Gasteiger partial charge is 0.324 e. The van der Waals surface area contributed by atoms with Crippen molar-refractivity contribution >= 4 is 23.4 Å². The Kier molecular flexibility index (Phi) is 3.74. The number of carbonyl (C=O) groups excluding carboxylic acids is 1. The average Bonchev–Trinajstić information content (AvgIpc) is 2.32. The summed E-state index contributed by atoms with van der Waals surface area (Å²) in [5.41, 5.74) is 8.04. The third-order valence-corrected chi connectivity index (χ3v) is 3.93. The minimum Gasteiger partial charge on any atom is -0.324 e. The Bertz CT molecular complexity index is 431. The zero-order chi connectivity index (χ0) is 12.4. The summed E-state index contributed by atoms with van der Waals surface area (Å²) in [6.07, 6.45) is 0.977. The molecule has 1 unspecified atom stereocenters. The highest BCUT2D eigenvalue weighted by Gasteiger charge is 2.24. The summed E-state index contributed by atoms with van der Waals surface area (Å²) < 4.78 is 0. The molecule has 0 spiro atoms. The Balaban J connectivity index is 2.37. The maximum atomic E-state index is 11.8. The molecule has 0 fully saturated rings. The number of amides is 1. The average molecular weight is 250 g/mol. The molecular formula is C13H18N2OS. The zero-order valence-corrected chi connectivity index (χ0v) is 11.1. The van der Waals surface area contributed by atoms with E-state index < -0.39 is 0 Å². The van der Waals surface area contributed by atoms with Gasteiger partial charge in [-0.1, -0.05) is 13.0 Å². The fraction of sp³-hybridized carbons (Fsp3) is 0.462. The number of nitrogens with zero attached hydrogens (tertiary/aromatic N) is 1. The van der Waals surface area contributed by atoms with Crippen LogP contribution in [0, 0.1) is 0 Å². The summed E-state index contributed by atoms with van der Waals surface area (Å²) >= 11 is 1.61. The molecule has 0 saturated heterocycles. The van der Waals surface area contributed by atoms with E-state index in [4.69, 9.17) is 5.73 Å². The summed E-state index contributed by atoms with van der Waals surface area (Å²) in [5, 5.41) is 0. The van der Waals surface area contributed by atoms with Crippen molar-refractivity contribution in [2.45, 2.75) is 31.2 Å². The number of hydrogen-bond donors (Lipinski definition) is 1. The normalized spacial score (nSPS) is 16.9. The quantitative estimate of drug-likeness (QED) is 0.896. The maximum Gasteiger partial charge on any atom is 0.237 e. The fourth-order valence-corrected chi connectivity index (χ4v) is 2.95. The molecule has 1 atom stereocenters. The van der Waals surface area contributed by atoms with E-state index in [1.807, 2.05) is 24.0 Å². The van der Waals surface area contributed by atoms with Crippen molar-refractivity contribution in [1.29, 1.82) is 0 Å². The summed E-state index contributed by atoms with van der Waals surface area (Å²) in [5.74, 6) is 0.743. The van der Waals surface area contributed by atoms with Gasteiger partial charge in [0.05, 0.1) is 11.4 Å². The van der Waals surface area contributed by atoms with E-state index in [1.165, 1.54) is 4.90 Å². The molecule has 1 aromatic rings. The number of rotatable bonds is 3. The third kappa shape index (κ3) is 2.48. The van der Waals surface area contributed by atoms with Crippen molar-refractivity contribution < 1.29 is 4.79 Å². The molecule has 0 aliphatic carbocycles. The molecule has 17 heavy (non-hydrogen) atoms. The second kappa shape index (κ2) is 5.10. The topological polar surface area (TPSA) is 46.3 Å². The van der Waals surface area contributed by atoms with E-state index in [1.54, 1.807) is 11.8 Å². The van der Waals surface area contributed by atoms with Crippen molar-refractivity contribution in [3.8, 4) is 0 Å². The van der Waals surface area contributed by atoms with Crippen LogP contribution in [-0.2, 0) is 4.79 Å². The molecule has 3 nitrogen and oxygen atoms in total. The molecule has 1 amide bonds. The monoisotopic (exact) mass is 250 g/mol. The van der Waals surface area contributed by atoms with Crippen LogP contribution >= 0.6 is 11.8 Å². The zero-order valence-electron chi connectivity index (χ0n) is 10.3. The lowest BCUT2D eigenvalue weighted by molar-refractivity contribution is -0.116. The van der Waals surface area contributed by atoms with Crippen LogP contribution in [0.1, 0.15) is 31.9 Å². The van der Waals surface area contributed by atoms with Gasteiger partial charge < -0.3 is 10.6 Å². The van der Waals surface area contributed by atoms with E-state index in [9.17, 15) is 4.79 Å². The molecular weight excluding hydrogens is 232 g/mol. The first-order valence-electron chi connectivity index (χ1n) is 5.96. The highest BCUT2D eigenvalue weighted by Crippen LogP contribution is 2.36. The molecule has 2 rings (SSSR count). The van der Waals surface area contributed by atoms with Gasteiger partial charge in [-0.3, -0.25) is 4.79 Å². The number of benzene rings is 1. The van der Waals surface area contributed by atoms with Gasteiger partial charge in [-0.15, -0.1) is 11.8 Å². The fourth-order valence-electron chi connectivity index (χ4n) is 1.97. The molecule has 0 aromatic heterocycles. The van der Waals surface area contributed by atoms with Gasteiger partial charge in [0, 0.05) is 17.5 Å². The summed E-state index contributed by atoms with van der Waals surface area (Å²) in [7, 11) is 0. The van der Waals surface area contributed by atoms with Crippen LogP contribution in [0.25, 0.3) is 0 Å². The summed E-state index contributed by atoms with van der Waals surface area (Å²) in [4.78, 5) is 14.9. The van der Waals surface area contributed by atoms with Gasteiger partial charge in [0.2, 0.25) is 5.91 Å². The van der Waals surface area contributed by atoms with E-state index in [2.05, 4.69) is 13.0 Å². The van der Waals surface area contributed by atoms with Gasteiger partial charge in [0.15, 0.2) is 0 Å². The minimum atomic E-state index is 0.0400. The minimum absolute atomic E-state index is 0.0400. The Labute approximate surface area is 106 Å². The Morgan fingerprint density at radius 3 is 2.94 bits per heavy atom. The summed E-state index contributed by atoms with van der Waals surface area (Å²) in [6.45, 7) is 4.86. The smallest absolute Gasteiger partial charge is 0.237 e. The van der Waals surface area contributed by atoms with Crippen LogP contribution in [0.4, 0.5) is 5.69 Å². The van der Waals surface area contributed by atoms with Crippen LogP contribution in [0.2, 0.25) is 0 Å².